The van der Waals surface area contributed by atoms with E-state index in [2.05, 4.69) is 10.3 Å². The molecule has 0 saturated carbocycles. The summed E-state index contributed by atoms with van der Waals surface area (Å²) in [5.74, 6) is 0.995. The first-order chi connectivity index (χ1) is 13.2. The number of nitrogens with zero attached hydrogens (tertiary/aromatic N) is 3. The lowest BCUT2D eigenvalue weighted by Crippen LogP contribution is -2.26. The van der Waals surface area contributed by atoms with Crippen molar-refractivity contribution in [3.05, 3.63) is 59.7 Å². The van der Waals surface area contributed by atoms with E-state index in [-0.39, 0.29) is 12.5 Å². The lowest BCUT2D eigenvalue weighted by Gasteiger charge is -2.10. The molecular weight excluding hydrogens is 346 g/mol. The van der Waals surface area contributed by atoms with Gasteiger partial charge in [0, 0.05) is 12.0 Å². The topological polar surface area (TPSA) is 72.7 Å². The highest BCUT2D eigenvalue weighted by Gasteiger charge is 2.21. The summed E-state index contributed by atoms with van der Waals surface area (Å²) in [5, 5.41) is 9.64. The van der Waals surface area contributed by atoms with Gasteiger partial charge in [-0.05, 0) is 23.8 Å². The molecule has 0 bridgehead atoms. The Kier molecular flexibility index (Phi) is 6.04. The van der Waals surface area contributed by atoms with E-state index in [1.165, 1.54) is 11.2 Å². The van der Waals surface area contributed by atoms with Crippen LogP contribution in [0.3, 0.4) is 0 Å². The van der Waals surface area contributed by atoms with Crippen LogP contribution in [-0.2, 0) is 9.63 Å². The number of methoxy groups -OCH3 is 2. The van der Waals surface area contributed by atoms with Gasteiger partial charge in [0.2, 0.25) is 0 Å². The zero-order chi connectivity index (χ0) is 19.1. The summed E-state index contributed by atoms with van der Waals surface area (Å²) in [4.78, 5) is 17.3. The van der Waals surface area contributed by atoms with E-state index in [1.807, 2.05) is 36.4 Å². The Morgan fingerprint density at radius 2 is 1.93 bits per heavy atom. The zero-order valence-electron chi connectivity index (χ0n) is 15.3. The SMILES string of the molecule is COc1ccc(/C=N/OCC(=O)N2CCC(c3ccccc3)=N2)cc1OC. The van der Waals surface area contributed by atoms with Crippen molar-refractivity contribution in [2.45, 2.75) is 6.42 Å². The number of rotatable bonds is 7. The molecule has 0 unspecified atom stereocenters. The van der Waals surface area contributed by atoms with Gasteiger partial charge in [0.15, 0.2) is 18.1 Å². The summed E-state index contributed by atoms with van der Waals surface area (Å²) in [7, 11) is 3.14. The van der Waals surface area contributed by atoms with E-state index in [0.29, 0.717) is 18.0 Å². The minimum absolute atomic E-state index is 0.171. The minimum Gasteiger partial charge on any atom is -0.493 e. The maximum atomic E-state index is 12.2. The molecule has 7 nitrogen and oxygen atoms in total. The molecule has 1 amide bonds. The fourth-order valence-electron chi connectivity index (χ4n) is 2.67. The van der Waals surface area contributed by atoms with Crippen molar-refractivity contribution in [3.8, 4) is 11.5 Å². The average molecular weight is 367 g/mol. The summed E-state index contributed by atoms with van der Waals surface area (Å²) < 4.78 is 10.4. The van der Waals surface area contributed by atoms with Crippen molar-refractivity contribution in [1.82, 2.24) is 5.01 Å². The predicted molar refractivity (Wildman–Crippen MR) is 102 cm³/mol. The second kappa shape index (κ2) is 8.84. The molecule has 0 atom stereocenters. The van der Waals surface area contributed by atoms with Gasteiger partial charge < -0.3 is 14.3 Å². The normalized spacial score (nSPS) is 13.6. The molecule has 0 aromatic heterocycles. The van der Waals surface area contributed by atoms with Crippen LogP contribution in [0.15, 0.2) is 58.8 Å². The molecule has 7 heteroatoms. The van der Waals surface area contributed by atoms with Crippen molar-refractivity contribution in [3.63, 3.8) is 0 Å². The third-order valence-electron chi connectivity index (χ3n) is 4.07. The van der Waals surface area contributed by atoms with Crippen LogP contribution < -0.4 is 9.47 Å². The third kappa shape index (κ3) is 4.63. The molecule has 3 rings (SSSR count). The van der Waals surface area contributed by atoms with Gasteiger partial charge in [-0.15, -0.1) is 0 Å². The molecule has 0 saturated heterocycles. The highest BCUT2D eigenvalue weighted by atomic mass is 16.6. The van der Waals surface area contributed by atoms with Gasteiger partial charge in [-0.2, -0.15) is 5.10 Å². The number of carbonyl (C=O) groups excluding carboxylic acids is 1. The van der Waals surface area contributed by atoms with Gasteiger partial charge in [0.1, 0.15) is 0 Å². The first-order valence-corrected chi connectivity index (χ1v) is 8.52. The molecule has 0 fully saturated rings. The number of hydrogen-bond acceptors (Lipinski definition) is 6. The molecule has 0 aliphatic carbocycles. The van der Waals surface area contributed by atoms with Gasteiger partial charge in [0.25, 0.3) is 5.91 Å². The summed E-state index contributed by atoms with van der Waals surface area (Å²) in [6.07, 6.45) is 2.24. The van der Waals surface area contributed by atoms with Crippen LogP contribution in [0.25, 0.3) is 0 Å². The monoisotopic (exact) mass is 367 g/mol. The standard InChI is InChI=1S/C20H21N3O4/c1-25-18-9-8-15(12-19(18)26-2)13-21-27-14-20(24)23-11-10-17(22-23)16-6-4-3-5-7-16/h3-9,12-13H,10-11,14H2,1-2H3/b21-13+. The lowest BCUT2D eigenvalue weighted by molar-refractivity contribution is -0.135. The van der Waals surface area contributed by atoms with Crippen molar-refractivity contribution in [2.75, 3.05) is 27.4 Å². The Labute approximate surface area is 157 Å². The number of hydrazone groups is 1. The minimum atomic E-state index is -0.231. The number of benzene rings is 2. The van der Waals surface area contributed by atoms with Gasteiger partial charge in [-0.1, -0.05) is 35.5 Å². The Morgan fingerprint density at radius 3 is 2.67 bits per heavy atom. The summed E-state index contributed by atoms with van der Waals surface area (Å²) in [5.41, 5.74) is 2.70. The van der Waals surface area contributed by atoms with Crippen LogP contribution in [0.5, 0.6) is 11.5 Å². The van der Waals surface area contributed by atoms with E-state index >= 15 is 0 Å². The molecule has 140 valence electrons. The van der Waals surface area contributed by atoms with E-state index in [0.717, 1.165) is 23.3 Å². The first-order valence-electron chi connectivity index (χ1n) is 8.52. The molecule has 1 aliphatic rings. The van der Waals surface area contributed by atoms with Gasteiger partial charge in [-0.3, -0.25) is 4.79 Å². The second-order valence-electron chi connectivity index (χ2n) is 5.80. The smallest absolute Gasteiger partial charge is 0.283 e. The summed E-state index contributed by atoms with van der Waals surface area (Å²) in [6.45, 7) is 0.376. The first kappa shape index (κ1) is 18.4. The van der Waals surface area contributed by atoms with Crippen molar-refractivity contribution in [2.24, 2.45) is 10.3 Å². The predicted octanol–water partition coefficient (Wildman–Crippen LogP) is 2.69. The number of carbonyl (C=O) groups is 1. The lowest BCUT2D eigenvalue weighted by atomic mass is 10.1. The van der Waals surface area contributed by atoms with Crippen LogP contribution >= 0.6 is 0 Å². The molecule has 0 N–H and O–H groups in total. The molecule has 1 heterocycles. The zero-order valence-corrected chi connectivity index (χ0v) is 15.3. The molecule has 0 radical (unpaired) electrons. The largest absolute Gasteiger partial charge is 0.493 e. The fourth-order valence-corrected chi connectivity index (χ4v) is 2.67. The average Bonchev–Trinajstić information content (AvgIpc) is 3.22. The molecule has 2 aromatic carbocycles. The van der Waals surface area contributed by atoms with Gasteiger partial charge >= 0.3 is 0 Å². The van der Waals surface area contributed by atoms with Gasteiger partial charge in [0.05, 0.1) is 32.7 Å². The Balaban J connectivity index is 1.53. The molecular formula is C20H21N3O4. The number of ether oxygens (including phenoxy) is 2. The van der Waals surface area contributed by atoms with E-state index in [4.69, 9.17) is 14.3 Å². The molecule has 0 spiro atoms. The number of oxime groups is 1. The van der Waals surface area contributed by atoms with E-state index in [9.17, 15) is 4.79 Å². The molecule has 27 heavy (non-hydrogen) atoms. The second-order valence-corrected chi connectivity index (χ2v) is 5.80. The number of amides is 1. The quantitative estimate of drug-likeness (QED) is 0.557. The van der Waals surface area contributed by atoms with Crippen LogP contribution in [0.1, 0.15) is 17.5 Å². The summed E-state index contributed by atoms with van der Waals surface area (Å²) >= 11 is 0. The van der Waals surface area contributed by atoms with Crippen molar-refractivity contribution >= 4 is 17.8 Å². The Morgan fingerprint density at radius 1 is 1.15 bits per heavy atom. The van der Waals surface area contributed by atoms with Gasteiger partial charge in [-0.25, -0.2) is 5.01 Å². The van der Waals surface area contributed by atoms with Crippen LogP contribution in [-0.4, -0.2) is 50.2 Å². The Bertz CT molecular complexity index is 850. The number of hydrogen-bond donors (Lipinski definition) is 0. The van der Waals surface area contributed by atoms with E-state index < -0.39 is 0 Å². The molecule has 1 aliphatic heterocycles. The maximum Gasteiger partial charge on any atom is 0.283 e. The maximum absolute atomic E-state index is 12.2. The molecule has 2 aromatic rings. The third-order valence-corrected chi connectivity index (χ3v) is 4.07. The summed E-state index contributed by atoms with van der Waals surface area (Å²) in [6, 6.07) is 15.2. The van der Waals surface area contributed by atoms with Crippen molar-refractivity contribution in [1.29, 1.82) is 0 Å². The van der Waals surface area contributed by atoms with Crippen LogP contribution in [0, 0.1) is 0 Å². The van der Waals surface area contributed by atoms with Crippen LogP contribution in [0.2, 0.25) is 0 Å². The van der Waals surface area contributed by atoms with E-state index in [1.54, 1.807) is 26.4 Å². The Hall–Kier alpha value is -3.35. The fraction of sp³-hybridized carbons (Fsp3) is 0.250. The van der Waals surface area contributed by atoms with Crippen LogP contribution in [0.4, 0.5) is 0 Å². The highest BCUT2D eigenvalue weighted by molar-refractivity contribution is 6.02. The highest BCUT2D eigenvalue weighted by Crippen LogP contribution is 2.26. The van der Waals surface area contributed by atoms with Crippen molar-refractivity contribution < 1.29 is 19.1 Å².